The number of hydrogen-bond acceptors (Lipinski definition) is 5. The van der Waals surface area contributed by atoms with Gasteiger partial charge in [-0.25, -0.2) is 0 Å². The van der Waals surface area contributed by atoms with Crippen molar-refractivity contribution in [2.45, 2.75) is 45.4 Å². The van der Waals surface area contributed by atoms with E-state index in [4.69, 9.17) is 5.26 Å². The lowest BCUT2D eigenvalue weighted by Gasteiger charge is -2.32. The van der Waals surface area contributed by atoms with Crippen molar-refractivity contribution >= 4 is 12.6 Å². The molecule has 1 saturated heterocycles. The SMILES string of the molecule is C=NCCCc1nnc(-c2cc(C(=O)N3CCC(c4ccc(C#N)cc4)CC3)c(C)cc2C)[nH]1. The molecule has 0 bridgehead atoms. The zero-order chi connectivity index (χ0) is 24.1. The van der Waals surface area contributed by atoms with Crippen molar-refractivity contribution in [2.75, 3.05) is 19.6 Å². The largest absolute Gasteiger partial charge is 0.339 e. The van der Waals surface area contributed by atoms with Crippen molar-refractivity contribution in [2.24, 2.45) is 4.99 Å². The number of piperidine rings is 1. The summed E-state index contributed by atoms with van der Waals surface area (Å²) in [7, 11) is 0. The molecule has 0 spiro atoms. The summed E-state index contributed by atoms with van der Waals surface area (Å²) in [5.74, 6) is 1.98. The topological polar surface area (TPSA) is 98.0 Å². The molecule has 7 nitrogen and oxygen atoms in total. The van der Waals surface area contributed by atoms with Gasteiger partial charge < -0.3 is 14.9 Å². The van der Waals surface area contributed by atoms with Gasteiger partial charge in [-0.1, -0.05) is 18.2 Å². The monoisotopic (exact) mass is 454 g/mol. The molecule has 1 fully saturated rings. The molecule has 1 aliphatic heterocycles. The summed E-state index contributed by atoms with van der Waals surface area (Å²) in [4.78, 5) is 22.6. The van der Waals surface area contributed by atoms with Gasteiger partial charge in [0, 0.05) is 37.2 Å². The third-order valence-electron chi connectivity index (χ3n) is 6.61. The zero-order valence-electron chi connectivity index (χ0n) is 19.8. The summed E-state index contributed by atoms with van der Waals surface area (Å²) in [5, 5.41) is 17.6. The van der Waals surface area contributed by atoms with Crippen molar-refractivity contribution in [1.82, 2.24) is 20.1 Å². The van der Waals surface area contributed by atoms with E-state index in [0.717, 1.165) is 61.3 Å². The maximum Gasteiger partial charge on any atom is 0.254 e. The fraction of sp³-hybridized carbons (Fsp3) is 0.370. The van der Waals surface area contributed by atoms with Crippen LogP contribution in [-0.4, -0.2) is 52.3 Å². The number of nitrogens with zero attached hydrogens (tertiary/aromatic N) is 5. The number of benzene rings is 2. The number of likely N-dealkylation sites (tertiary alicyclic amines) is 1. The van der Waals surface area contributed by atoms with Gasteiger partial charge in [-0.05, 0) is 80.6 Å². The standard InChI is InChI=1S/C27H30N6O/c1-18-15-19(2)24(16-23(18)26-30-25(31-32-26)5-4-12-29-3)27(34)33-13-10-22(11-14-33)21-8-6-20(17-28)7-9-21/h6-9,15-16,22H,3-5,10-14H2,1-2H3,(H,30,31,32). The minimum absolute atomic E-state index is 0.0637. The molecule has 174 valence electrons. The number of carbonyl (C=O) groups is 1. The molecule has 0 aliphatic carbocycles. The third-order valence-corrected chi connectivity index (χ3v) is 6.61. The molecule has 3 aromatic rings. The van der Waals surface area contributed by atoms with Crippen LogP contribution in [0.15, 0.2) is 41.4 Å². The Labute approximate surface area is 200 Å². The van der Waals surface area contributed by atoms with Crippen LogP contribution in [0.5, 0.6) is 0 Å². The molecule has 1 N–H and O–H groups in total. The molecule has 1 aliphatic rings. The maximum atomic E-state index is 13.4. The Morgan fingerprint density at radius 3 is 2.59 bits per heavy atom. The van der Waals surface area contributed by atoms with Crippen LogP contribution >= 0.6 is 0 Å². The predicted molar refractivity (Wildman–Crippen MR) is 133 cm³/mol. The van der Waals surface area contributed by atoms with E-state index in [-0.39, 0.29) is 5.91 Å². The Hall–Kier alpha value is -3.79. The van der Waals surface area contributed by atoms with Gasteiger partial charge in [0.25, 0.3) is 5.91 Å². The first kappa shape index (κ1) is 23.4. The van der Waals surface area contributed by atoms with Crippen molar-refractivity contribution < 1.29 is 4.79 Å². The van der Waals surface area contributed by atoms with E-state index in [1.807, 2.05) is 49.1 Å². The van der Waals surface area contributed by atoms with Gasteiger partial charge in [0.2, 0.25) is 0 Å². The van der Waals surface area contributed by atoms with Gasteiger partial charge in [-0.15, -0.1) is 10.2 Å². The number of carbonyl (C=O) groups excluding carboxylic acids is 1. The number of aliphatic imine (C=N–C) groups is 1. The highest BCUT2D eigenvalue weighted by Crippen LogP contribution is 2.30. The molecule has 0 atom stereocenters. The number of nitriles is 1. The number of amides is 1. The molecule has 1 amide bonds. The van der Waals surface area contributed by atoms with Crippen LogP contribution in [0.3, 0.4) is 0 Å². The fourth-order valence-electron chi connectivity index (χ4n) is 4.64. The number of nitrogens with one attached hydrogen (secondary N) is 1. The second-order valence-electron chi connectivity index (χ2n) is 8.95. The van der Waals surface area contributed by atoms with Gasteiger partial charge in [0.05, 0.1) is 11.6 Å². The molecule has 0 unspecified atom stereocenters. The van der Waals surface area contributed by atoms with E-state index >= 15 is 0 Å². The van der Waals surface area contributed by atoms with Crippen molar-refractivity contribution in [3.8, 4) is 17.5 Å². The van der Waals surface area contributed by atoms with Gasteiger partial charge in [0.1, 0.15) is 5.82 Å². The highest BCUT2D eigenvalue weighted by molar-refractivity contribution is 5.97. The smallest absolute Gasteiger partial charge is 0.254 e. The molecular formula is C27H30N6O. The highest BCUT2D eigenvalue weighted by atomic mass is 16.2. The van der Waals surface area contributed by atoms with E-state index in [1.54, 1.807) is 0 Å². The molecule has 0 saturated carbocycles. The number of hydrogen-bond donors (Lipinski definition) is 1. The van der Waals surface area contributed by atoms with Gasteiger partial charge in [0.15, 0.2) is 5.82 Å². The summed E-state index contributed by atoms with van der Waals surface area (Å²) < 4.78 is 0. The summed E-state index contributed by atoms with van der Waals surface area (Å²) in [6.45, 7) is 9.66. The van der Waals surface area contributed by atoms with Crippen molar-refractivity contribution in [3.63, 3.8) is 0 Å². The first-order chi connectivity index (χ1) is 16.5. The van der Waals surface area contributed by atoms with E-state index in [9.17, 15) is 4.79 Å². The van der Waals surface area contributed by atoms with Crippen LogP contribution < -0.4 is 0 Å². The number of rotatable bonds is 7. The normalized spacial score (nSPS) is 14.1. The molecule has 34 heavy (non-hydrogen) atoms. The van der Waals surface area contributed by atoms with Crippen LogP contribution in [0, 0.1) is 25.2 Å². The lowest BCUT2D eigenvalue weighted by molar-refractivity contribution is 0.0712. The lowest BCUT2D eigenvalue weighted by atomic mass is 9.88. The minimum atomic E-state index is 0.0637. The number of H-pyrrole nitrogens is 1. The predicted octanol–water partition coefficient (Wildman–Crippen LogP) is 4.61. The van der Waals surface area contributed by atoms with Crippen LogP contribution in [0.1, 0.15) is 63.6 Å². The Kier molecular flexibility index (Phi) is 7.17. The Bertz CT molecular complexity index is 1210. The molecule has 7 heteroatoms. The lowest BCUT2D eigenvalue weighted by Crippen LogP contribution is -2.38. The molecule has 1 aromatic heterocycles. The Morgan fingerprint density at radius 1 is 1.18 bits per heavy atom. The average molecular weight is 455 g/mol. The van der Waals surface area contributed by atoms with Gasteiger partial charge in [-0.2, -0.15) is 5.26 Å². The van der Waals surface area contributed by atoms with Crippen molar-refractivity contribution in [3.05, 3.63) is 70.0 Å². The molecule has 2 heterocycles. The van der Waals surface area contributed by atoms with E-state index in [2.05, 4.69) is 39.0 Å². The first-order valence-corrected chi connectivity index (χ1v) is 11.7. The Balaban J connectivity index is 1.47. The van der Waals surface area contributed by atoms with Crippen LogP contribution in [0.25, 0.3) is 11.4 Å². The number of aromatic amines is 1. The highest BCUT2D eigenvalue weighted by Gasteiger charge is 2.26. The molecule has 0 radical (unpaired) electrons. The number of aryl methyl sites for hydroxylation is 3. The summed E-state index contributed by atoms with van der Waals surface area (Å²) >= 11 is 0. The minimum Gasteiger partial charge on any atom is -0.339 e. The summed E-state index contributed by atoms with van der Waals surface area (Å²) in [5.41, 5.74) is 5.56. The zero-order valence-corrected chi connectivity index (χ0v) is 19.8. The fourth-order valence-corrected chi connectivity index (χ4v) is 4.64. The van der Waals surface area contributed by atoms with Crippen LogP contribution in [0.2, 0.25) is 0 Å². The molecule has 4 rings (SSSR count). The van der Waals surface area contributed by atoms with Crippen LogP contribution in [0.4, 0.5) is 0 Å². The Morgan fingerprint density at radius 2 is 1.91 bits per heavy atom. The number of aromatic nitrogens is 3. The molecular weight excluding hydrogens is 424 g/mol. The van der Waals surface area contributed by atoms with E-state index < -0.39 is 0 Å². The summed E-state index contributed by atoms with van der Waals surface area (Å²) in [6, 6.07) is 14.0. The second-order valence-corrected chi connectivity index (χ2v) is 8.95. The average Bonchev–Trinajstić information content (AvgIpc) is 3.33. The maximum absolute atomic E-state index is 13.4. The second kappa shape index (κ2) is 10.4. The first-order valence-electron chi connectivity index (χ1n) is 11.7. The van der Waals surface area contributed by atoms with Crippen LogP contribution in [-0.2, 0) is 6.42 Å². The summed E-state index contributed by atoms with van der Waals surface area (Å²) in [6.07, 6.45) is 3.46. The molecule has 2 aromatic carbocycles. The third kappa shape index (κ3) is 5.07. The van der Waals surface area contributed by atoms with E-state index in [1.165, 1.54) is 5.56 Å². The van der Waals surface area contributed by atoms with Gasteiger partial charge >= 0.3 is 0 Å². The van der Waals surface area contributed by atoms with Gasteiger partial charge in [-0.3, -0.25) is 4.79 Å². The van der Waals surface area contributed by atoms with Crippen molar-refractivity contribution in [1.29, 1.82) is 5.26 Å². The van der Waals surface area contributed by atoms with E-state index in [0.29, 0.717) is 29.4 Å². The quantitative estimate of drug-likeness (QED) is 0.416.